The van der Waals surface area contributed by atoms with Crippen molar-refractivity contribution >= 4 is 28.6 Å². The Hall–Kier alpha value is -2.89. The van der Waals surface area contributed by atoms with Crippen LogP contribution in [0.2, 0.25) is 0 Å². The molecule has 0 radical (unpaired) electrons. The monoisotopic (exact) mass is 328 g/mol. The molecule has 0 fully saturated rings. The van der Waals surface area contributed by atoms with Crippen LogP contribution >= 0.6 is 0 Å². The minimum Gasteiger partial charge on any atom is -0.478 e. The average molecular weight is 328 g/mol. The van der Waals surface area contributed by atoms with Crippen LogP contribution in [-0.2, 0) is 4.79 Å². The highest BCUT2D eigenvalue weighted by Gasteiger charge is 2.17. The van der Waals surface area contributed by atoms with Gasteiger partial charge >= 0.3 is 5.97 Å². The van der Waals surface area contributed by atoms with Crippen molar-refractivity contribution in [3.8, 4) is 0 Å². The highest BCUT2D eigenvalue weighted by Crippen LogP contribution is 2.20. The number of carboxylic acids is 1. The molecular formula is C18H20N2O4. The summed E-state index contributed by atoms with van der Waals surface area (Å²) < 4.78 is 0. The third kappa shape index (κ3) is 4.32. The van der Waals surface area contributed by atoms with Gasteiger partial charge in [-0.05, 0) is 29.3 Å². The van der Waals surface area contributed by atoms with E-state index in [4.69, 9.17) is 0 Å². The summed E-state index contributed by atoms with van der Waals surface area (Å²) in [5, 5.41) is 16.2. The van der Waals surface area contributed by atoms with E-state index in [1.807, 2.05) is 25.1 Å². The fraction of sp³-hybridized carbons (Fsp3) is 0.278. The Bertz CT molecular complexity index is 771. The number of carbonyl (C=O) groups excluding carboxylic acids is 2. The summed E-state index contributed by atoms with van der Waals surface area (Å²) in [7, 11) is 0. The Labute approximate surface area is 139 Å². The van der Waals surface area contributed by atoms with Crippen molar-refractivity contribution in [1.82, 2.24) is 10.6 Å². The van der Waals surface area contributed by atoms with E-state index in [0.717, 1.165) is 17.2 Å². The lowest BCUT2D eigenvalue weighted by molar-refractivity contribution is -0.121. The van der Waals surface area contributed by atoms with Crippen molar-refractivity contribution in [2.45, 2.75) is 19.8 Å². The summed E-state index contributed by atoms with van der Waals surface area (Å²) in [6.45, 7) is 2.45. The third-order valence-corrected chi connectivity index (χ3v) is 3.57. The number of hydrogen-bond acceptors (Lipinski definition) is 3. The summed E-state index contributed by atoms with van der Waals surface area (Å²) in [4.78, 5) is 35.1. The van der Waals surface area contributed by atoms with Crippen LogP contribution in [-0.4, -0.2) is 36.0 Å². The normalized spacial score (nSPS) is 10.4. The number of carboxylic acid groups (broad SMARTS) is 1. The Morgan fingerprint density at radius 3 is 2.12 bits per heavy atom. The Balaban J connectivity index is 2.09. The largest absolute Gasteiger partial charge is 0.478 e. The number of rotatable bonds is 7. The van der Waals surface area contributed by atoms with E-state index in [2.05, 4.69) is 10.6 Å². The molecule has 2 aromatic carbocycles. The van der Waals surface area contributed by atoms with Crippen LogP contribution < -0.4 is 10.6 Å². The fourth-order valence-electron chi connectivity index (χ4n) is 2.39. The van der Waals surface area contributed by atoms with Crippen molar-refractivity contribution in [3.63, 3.8) is 0 Å². The third-order valence-electron chi connectivity index (χ3n) is 3.57. The first-order valence-corrected chi connectivity index (χ1v) is 7.84. The molecule has 0 heterocycles. The second-order valence-electron chi connectivity index (χ2n) is 5.41. The Morgan fingerprint density at radius 1 is 0.958 bits per heavy atom. The summed E-state index contributed by atoms with van der Waals surface area (Å²) >= 11 is 0. The van der Waals surface area contributed by atoms with Gasteiger partial charge in [0.05, 0.1) is 11.1 Å². The summed E-state index contributed by atoms with van der Waals surface area (Å²) in [5.74, 6) is -1.69. The predicted molar refractivity (Wildman–Crippen MR) is 91.2 cm³/mol. The van der Waals surface area contributed by atoms with Gasteiger partial charge in [-0.2, -0.15) is 0 Å². The topological polar surface area (TPSA) is 95.5 Å². The maximum Gasteiger partial charge on any atom is 0.336 e. The van der Waals surface area contributed by atoms with Crippen molar-refractivity contribution in [3.05, 3.63) is 47.5 Å². The maximum absolute atomic E-state index is 12.3. The number of fused-ring (bicyclic) bond motifs is 1. The van der Waals surface area contributed by atoms with E-state index in [0.29, 0.717) is 13.0 Å². The first-order valence-electron chi connectivity index (χ1n) is 7.84. The van der Waals surface area contributed by atoms with E-state index in [9.17, 15) is 19.5 Å². The lowest BCUT2D eigenvalue weighted by Gasteiger charge is -2.10. The molecule has 6 heteroatoms. The van der Waals surface area contributed by atoms with Gasteiger partial charge in [-0.1, -0.05) is 31.2 Å². The molecule has 2 aromatic rings. The molecule has 3 N–H and O–H groups in total. The minimum atomic E-state index is -1.15. The zero-order valence-corrected chi connectivity index (χ0v) is 13.5. The number of benzene rings is 2. The van der Waals surface area contributed by atoms with E-state index in [1.54, 1.807) is 12.1 Å². The molecule has 0 saturated carbocycles. The molecule has 126 valence electrons. The number of nitrogens with one attached hydrogen (secondary N) is 2. The van der Waals surface area contributed by atoms with Crippen LogP contribution in [0.4, 0.5) is 0 Å². The van der Waals surface area contributed by atoms with Crippen LogP contribution in [0, 0.1) is 0 Å². The molecule has 0 aliphatic rings. The van der Waals surface area contributed by atoms with Gasteiger partial charge in [0.25, 0.3) is 5.91 Å². The van der Waals surface area contributed by atoms with Gasteiger partial charge in [0.2, 0.25) is 5.91 Å². The smallest absolute Gasteiger partial charge is 0.336 e. The molecule has 0 aromatic heterocycles. The van der Waals surface area contributed by atoms with E-state index in [-0.39, 0.29) is 23.6 Å². The van der Waals surface area contributed by atoms with Crippen molar-refractivity contribution < 1.29 is 19.5 Å². The van der Waals surface area contributed by atoms with E-state index in [1.165, 1.54) is 6.07 Å². The molecule has 0 spiro atoms. The Kier molecular flexibility index (Phi) is 5.89. The average Bonchev–Trinajstić information content (AvgIpc) is 2.57. The van der Waals surface area contributed by atoms with Crippen LogP contribution in [0.3, 0.4) is 0 Å². The SMILES string of the molecule is CCCC(=O)NCCNC(=O)c1cc2ccccc2cc1C(=O)O. The van der Waals surface area contributed by atoms with Crippen LogP contribution in [0.1, 0.15) is 40.5 Å². The number of amides is 2. The van der Waals surface area contributed by atoms with Gasteiger partial charge < -0.3 is 15.7 Å². The molecule has 0 aliphatic carbocycles. The highest BCUT2D eigenvalue weighted by atomic mass is 16.4. The molecule has 6 nitrogen and oxygen atoms in total. The first-order chi connectivity index (χ1) is 11.5. The molecule has 0 saturated heterocycles. The molecule has 0 atom stereocenters. The fourth-order valence-corrected chi connectivity index (χ4v) is 2.39. The van der Waals surface area contributed by atoms with Gasteiger partial charge in [-0.15, -0.1) is 0 Å². The maximum atomic E-state index is 12.3. The first kappa shape index (κ1) is 17.5. The molecule has 0 unspecified atom stereocenters. The molecule has 0 bridgehead atoms. The standard InChI is InChI=1S/C18H20N2O4/c1-2-5-16(21)19-8-9-20-17(22)14-10-12-6-3-4-7-13(12)11-15(14)18(23)24/h3-4,6-7,10-11H,2,5,8-9H2,1H3,(H,19,21)(H,20,22)(H,23,24). The van der Waals surface area contributed by atoms with E-state index < -0.39 is 11.9 Å². The molecule has 24 heavy (non-hydrogen) atoms. The van der Waals surface area contributed by atoms with Crippen LogP contribution in [0.5, 0.6) is 0 Å². The summed E-state index contributed by atoms with van der Waals surface area (Å²) in [6, 6.07) is 10.3. The molecule has 2 amide bonds. The van der Waals surface area contributed by atoms with Crippen molar-refractivity contribution in [1.29, 1.82) is 0 Å². The molecule has 2 rings (SSSR count). The number of carbonyl (C=O) groups is 3. The molecular weight excluding hydrogens is 308 g/mol. The van der Waals surface area contributed by atoms with Gasteiger partial charge in [-0.3, -0.25) is 9.59 Å². The zero-order chi connectivity index (χ0) is 17.5. The quantitative estimate of drug-likeness (QED) is 0.679. The van der Waals surface area contributed by atoms with Gasteiger partial charge in [-0.25, -0.2) is 4.79 Å². The van der Waals surface area contributed by atoms with Gasteiger partial charge in [0.15, 0.2) is 0 Å². The highest BCUT2D eigenvalue weighted by molar-refractivity contribution is 6.08. The molecule has 0 aliphatic heterocycles. The van der Waals surface area contributed by atoms with E-state index >= 15 is 0 Å². The second-order valence-corrected chi connectivity index (χ2v) is 5.41. The van der Waals surface area contributed by atoms with Gasteiger partial charge in [0, 0.05) is 19.5 Å². The minimum absolute atomic E-state index is 0.0405. The predicted octanol–water partition coefficient (Wildman–Crippen LogP) is 2.18. The number of hydrogen-bond donors (Lipinski definition) is 3. The van der Waals surface area contributed by atoms with Crippen LogP contribution in [0.25, 0.3) is 10.8 Å². The Morgan fingerprint density at radius 2 is 1.54 bits per heavy atom. The lowest BCUT2D eigenvalue weighted by atomic mass is 10.0. The lowest BCUT2D eigenvalue weighted by Crippen LogP contribution is -2.35. The van der Waals surface area contributed by atoms with Crippen LogP contribution in [0.15, 0.2) is 36.4 Å². The zero-order valence-electron chi connectivity index (χ0n) is 13.5. The summed E-state index contributed by atoms with van der Waals surface area (Å²) in [5.41, 5.74) is 0.0716. The van der Waals surface area contributed by atoms with Gasteiger partial charge in [0.1, 0.15) is 0 Å². The van der Waals surface area contributed by atoms with Crippen molar-refractivity contribution in [2.75, 3.05) is 13.1 Å². The second kappa shape index (κ2) is 8.10. The number of aromatic carboxylic acids is 1. The van der Waals surface area contributed by atoms with Crippen molar-refractivity contribution in [2.24, 2.45) is 0 Å². The summed E-state index contributed by atoms with van der Waals surface area (Å²) in [6.07, 6.45) is 1.21.